The van der Waals surface area contributed by atoms with Crippen molar-refractivity contribution >= 4 is 17.6 Å². The standard InChI is InChI=1S/C22H31ClN4O3/c1-15(2)19-12-17(30-27-19)13-25-21(24-3)26-14-22(7-9-29-10-8-22)18-11-16(23)5-6-20(18)28-4/h5-6,11-12,15H,7-10,13-14H2,1-4H3,(H2,24,25,26). The molecule has 30 heavy (non-hydrogen) atoms. The fraction of sp³-hybridized carbons (Fsp3) is 0.545. The molecule has 2 heterocycles. The van der Waals surface area contributed by atoms with Gasteiger partial charge in [-0.15, -0.1) is 0 Å². The van der Waals surface area contributed by atoms with Crippen LogP contribution in [-0.4, -0.2) is 45.0 Å². The Hall–Kier alpha value is -2.25. The van der Waals surface area contributed by atoms with Crippen molar-refractivity contribution in [1.82, 2.24) is 15.8 Å². The predicted octanol–water partition coefficient (Wildman–Crippen LogP) is 3.87. The minimum Gasteiger partial charge on any atom is -0.496 e. The summed E-state index contributed by atoms with van der Waals surface area (Å²) in [7, 11) is 3.45. The Morgan fingerprint density at radius 3 is 2.67 bits per heavy atom. The number of ether oxygens (including phenoxy) is 2. The number of aromatic nitrogens is 1. The number of methoxy groups -OCH3 is 1. The Balaban J connectivity index is 1.71. The second kappa shape index (κ2) is 10.2. The van der Waals surface area contributed by atoms with Gasteiger partial charge in [-0.05, 0) is 37.0 Å². The lowest BCUT2D eigenvalue weighted by atomic mass is 9.73. The number of nitrogens with one attached hydrogen (secondary N) is 2. The molecule has 164 valence electrons. The van der Waals surface area contributed by atoms with Crippen LogP contribution in [0.3, 0.4) is 0 Å². The number of rotatable bonds is 7. The molecule has 3 rings (SSSR count). The summed E-state index contributed by atoms with van der Waals surface area (Å²) < 4.78 is 16.7. The zero-order valence-corrected chi connectivity index (χ0v) is 18.9. The molecule has 1 saturated heterocycles. The molecule has 0 atom stereocenters. The van der Waals surface area contributed by atoms with Crippen LogP contribution < -0.4 is 15.4 Å². The SMILES string of the molecule is CN=C(NCc1cc(C(C)C)no1)NCC1(c2cc(Cl)ccc2OC)CCOCC1. The average molecular weight is 435 g/mol. The third kappa shape index (κ3) is 5.26. The van der Waals surface area contributed by atoms with Crippen LogP contribution in [0, 0.1) is 0 Å². The van der Waals surface area contributed by atoms with Gasteiger partial charge in [-0.2, -0.15) is 0 Å². The van der Waals surface area contributed by atoms with E-state index in [1.54, 1.807) is 14.2 Å². The smallest absolute Gasteiger partial charge is 0.191 e. The van der Waals surface area contributed by atoms with Crippen LogP contribution in [0.4, 0.5) is 0 Å². The first-order chi connectivity index (χ1) is 14.5. The Labute approximate surface area is 183 Å². The minimum absolute atomic E-state index is 0.164. The number of hydrogen-bond acceptors (Lipinski definition) is 5. The number of halogens is 1. The topological polar surface area (TPSA) is 80.9 Å². The highest BCUT2D eigenvalue weighted by molar-refractivity contribution is 6.30. The maximum atomic E-state index is 6.33. The van der Waals surface area contributed by atoms with Gasteiger partial charge in [-0.3, -0.25) is 4.99 Å². The number of aliphatic imine (C=N–C) groups is 1. The minimum atomic E-state index is -0.164. The molecule has 0 saturated carbocycles. The molecule has 1 aromatic heterocycles. The molecule has 1 aliphatic heterocycles. The monoisotopic (exact) mass is 434 g/mol. The molecule has 0 bridgehead atoms. The Kier molecular flexibility index (Phi) is 7.61. The second-order valence-corrected chi connectivity index (χ2v) is 8.33. The van der Waals surface area contributed by atoms with Crippen LogP contribution in [-0.2, 0) is 16.7 Å². The van der Waals surface area contributed by atoms with E-state index in [0.29, 0.717) is 43.2 Å². The molecule has 1 aliphatic rings. The van der Waals surface area contributed by atoms with E-state index in [9.17, 15) is 0 Å². The lowest BCUT2D eigenvalue weighted by Crippen LogP contribution is -2.48. The van der Waals surface area contributed by atoms with Crippen molar-refractivity contribution in [2.24, 2.45) is 4.99 Å². The first-order valence-electron chi connectivity index (χ1n) is 10.3. The van der Waals surface area contributed by atoms with E-state index in [1.807, 2.05) is 24.3 Å². The molecule has 0 amide bonds. The van der Waals surface area contributed by atoms with Gasteiger partial charge in [-0.25, -0.2) is 0 Å². The van der Waals surface area contributed by atoms with Crippen molar-refractivity contribution in [3.05, 3.63) is 46.3 Å². The summed E-state index contributed by atoms with van der Waals surface area (Å²) in [5.41, 5.74) is 1.88. The molecule has 2 N–H and O–H groups in total. The van der Waals surface area contributed by atoms with E-state index < -0.39 is 0 Å². The normalized spacial score (nSPS) is 16.5. The van der Waals surface area contributed by atoms with Crippen LogP contribution in [0.2, 0.25) is 5.02 Å². The molecule has 0 unspecified atom stereocenters. The third-order valence-corrected chi connectivity index (χ3v) is 5.83. The highest BCUT2D eigenvalue weighted by Crippen LogP contribution is 2.40. The van der Waals surface area contributed by atoms with Crippen molar-refractivity contribution in [1.29, 1.82) is 0 Å². The van der Waals surface area contributed by atoms with E-state index in [2.05, 4.69) is 34.6 Å². The quantitative estimate of drug-likeness (QED) is 0.508. The fourth-order valence-electron chi connectivity index (χ4n) is 3.73. The number of hydrogen-bond donors (Lipinski definition) is 2. The van der Waals surface area contributed by atoms with Gasteiger partial charge in [0.15, 0.2) is 11.7 Å². The highest BCUT2D eigenvalue weighted by atomic mass is 35.5. The fourth-order valence-corrected chi connectivity index (χ4v) is 3.90. The van der Waals surface area contributed by atoms with Crippen LogP contribution >= 0.6 is 11.6 Å². The van der Waals surface area contributed by atoms with Gasteiger partial charge in [0.05, 0.1) is 19.3 Å². The van der Waals surface area contributed by atoms with Gasteiger partial charge < -0.3 is 24.6 Å². The molecule has 2 aromatic rings. The summed E-state index contributed by atoms with van der Waals surface area (Å²) in [6.45, 7) is 6.76. The summed E-state index contributed by atoms with van der Waals surface area (Å²) in [6, 6.07) is 7.76. The van der Waals surface area contributed by atoms with Crippen molar-refractivity contribution in [3.63, 3.8) is 0 Å². The summed E-state index contributed by atoms with van der Waals surface area (Å²) in [5.74, 6) is 2.65. The van der Waals surface area contributed by atoms with Gasteiger partial charge in [-0.1, -0.05) is 30.6 Å². The second-order valence-electron chi connectivity index (χ2n) is 7.89. The Morgan fingerprint density at radius 1 is 1.27 bits per heavy atom. The van der Waals surface area contributed by atoms with Crippen LogP contribution in [0.15, 0.2) is 33.8 Å². The highest BCUT2D eigenvalue weighted by Gasteiger charge is 2.37. The maximum Gasteiger partial charge on any atom is 0.191 e. The molecule has 0 radical (unpaired) electrons. The van der Waals surface area contributed by atoms with Crippen molar-refractivity contribution < 1.29 is 14.0 Å². The summed E-state index contributed by atoms with van der Waals surface area (Å²) >= 11 is 6.33. The molecular weight excluding hydrogens is 404 g/mol. The van der Waals surface area contributed by atoms with E-state index in [0.717, 1.165) is 35.6 Å². The summed E-state index contributed by atoms with van der Waals surface area (Å²) in [4.78, 5) is 4.36. The summed E-state index contributed by atoms with van der Waals surface area (Å²) in [5, 5.41) is 11.6. The average Bonchev–Trinajstić information content (AvgIpc) is 3.24. The van der Waals surface area contributed by atoms with E-state index in [-0.39, 0.29) is 5.41 Å². The largest absolute Gasteiger partial charge is 0.496 e. The Bertz CT molecular complexity index is 860. The molecule has 1 fully saturated rings. The number of benzene rings is 1. The van der Waals surface area contributed by atoms with Crippen molar-refractivity contribution in [2.75, 3.05) is 33.9 Å². The number of nitrogens with zero attached hydrogens (tertiary/aromatic N) is 2. The van der Waals surface area contributed by atoms with Gasteiger partial charge in [0.1, 0.15) is 5.75 Å². The van der Waals surface area contributed by atoms with Crippen LogP contribution in [0.25, 0.3) is 0 Å². The first-order valence-corrected chi connectivity index (χ1v) is 10.7. The molecule has 8 heteroatoms. The van der Waals surface area contributed by atoms with Crippen LogP contribution in [0.5, 0.6) is 5.75 Å². The van der Waals surface area contributed by atoms with E-state index in [1.165, 1.54) is 0 Å². The summed E-state index contributed by atoms with van der Waals surface area (Å²) in [6.07, 6.45) is 1.74. The van der Waals surface area contributed by atoms with Crippen LogP contribution in [0.1, 0.15) is 49.6 Å². The maximum absolute atomic E-state index is 6.33. The molecule has 7 nitrogen and oxygen atoms in total. The van der Waals surface area contributed by atoms with Gasteiger partial charge in [0.25, 0.3) is 0 Å². The lowest BCUT2D eigenvalue weighted by molar-refractivity contribution is 0.0505. The molecule has 0 aliphatic carbocycles. The zero-order chi connectivity index (χ0) is 21.6. The van der Waals surface area contributed by atoms with Gasteiger partial charge in [0, 0.05) is 48.9 Å². The third-order valence-electron chi connectivity index (χ3n) is 5.60. The van der Waals surface area contributed by atoms with Gasteiger partial charge >= 0.3 is 0 Å². The lowest BCUT2D eigenvalue weighted by Gasteiger charge is -2.39. The predicted molar refractivity (Wildman–Crippen MR) is 119 cm³/mol. The molecular formula is C22H31ClN4O3. The van der Waals surface area contributed by atoms with Crippen molar-refractivity contribution in [3.8, 4) is 5.75 Å². The van der Waals surface area contributed by atoms with Gasteiger partial charge in [0.2, 0.25) is 0 Å². The van der Waals surface area contributed by atoms with E-state index >= 15 is 0 Å². The molecule has 0 spiro atoms. The zero-order valence-electron chi connectivity index (χ0n) is 18.1. The van der Waals surface area contributed by atoms with E-state index in [4.69, 9.17) is 25.6 Å². The Morgan fingerprint density at radius 2 is 2.03 bits per heavy atom. The first kappa shape index (κ1) is 22.4. The van der Waals surface area contributed by atoms with Crippen molar-refractivity contribution in [2.45, 2.75) is 44.6 Å². The molecule has 1 aromatic carbocycles. The number of guanidine groups is 1.